The second-order valence-corrected chi connectivity index (χ2v) is 4.80. The number of aromatic nitrogens is 1. The van der Waals surface area contributed by atoms with Gasteiger partial charge in [0.15, 0.2) is 0 Å². The zero-order valence-corrected chi connectivity index (χ0v) is 11.9. The van der Waals surface area contributed by atoms with E-state index >= 15 is 0 Å². The quantitative estimate of drug-likeness (QED) is 0.864. The molecule has 7 heteroatoms. The Morgan fingerprint density at radius 2 is 2.05 bits per heavy atom. The van der Waals surface area contributed by atoms with Gasteiger partial charge < -0.3 is 14.4 Å². The largest absolute Gasteiger partial charge is 0.418 e. The van der Waals surface area contributed by atoms with Crippen LogP contribution in [-0.2, 0) is 17.5 Å². The van der Waals surface area contributed by atoms with Crippen LogP contribution in [0, 0.1) is 18.3 Å². The number of aryl methyl sites for hydroxylation is 1. The first-order valence-corrected chi connectivity index (χ1v) is 6.69. The summed E-state index contributed by atoms with van der Waals surface area (Å²) in [5.74, 6) is 0. The van der Waals surface area contributed by atoms with E-state index in [1.54, 1.807) is 17.6 Å². The van der Waals surface area contributed by atoms with E-state index in [1.807, 2.05) is 0 Å². The van der Waals surface area contributed by atoms with Gasteiger partial charge in [-0.05, 0) is 25.1 Å². The molecular formula is C15H15F3N2O2. The molecule has 2 rings (SSSR count). The highest BCUT2D eigenvalue weighted by molar-refractivity contribution is 5.87. The number of rotatable bonds is 5. The number of benzene rings is 1. The maximum Gasteiger partial charge on any atom is 0.418 e. The predicted octanol–water partition coefficient (Wildman–Crippen LogP) is 2.85. The molecule has 0 aliphatic heterocycles. The van der Waals surface area contributed by atoms with Gasteiger partial charge in [0.25, 0.3) is 0 Å². The topological polar surface area (TPSA) is 58.2 Å². The normalized spacial score (nSPS) is 11.8. The summed E-state index contributed by atoms with van der Waals surface area (Å²) in [5.41, 5.74) is -0.209. The van der Waals surface area contributed by atoms with Gasteiger partial charge in [0.05, 0.1) is 37.0 Å². The van der Waals surface area contributed by atoms with Crippen molar-refractivity contribution >= 4 is 10.9 Å². The van der Waals surface area contributed by atoms with Gasteiger partial charge >= 0.3 is 6.18 Å². The van der Waals surface area contributed by atoms with Crippen molar-refractivity contribution in [1.29, 1.82) is 5.26 Å². The zero-order valence-electron chi connectivity index (χ0n) is 11.9. The molecule has 0 spiro atoms. The highest BCUT2D eigenvalue weighted by Crippen LogP contribution is 2.38. The lowest BCUT2D eigenvalue weighted by molar-refractivity contribution is -0.136. The minimum Gasteiger partial charge on any atom is -0.394 e. The van der Waals surface area contributed by atoms with Crippen molar-refractivity contribution in [3.63, 3.8) is 0 Å². The van der Waals surface area contributed by atoms with Gasteiger partial charge in [-0.3, -0.25) is 0 Å². The smallest absolute Gasteiger partial charge is 0.394 e. The fraction of sp³-hybridized carbons (Fsp3) is 0.400. The predicted molar refractivity (Wildman–Crippen MR) is 74.3 cm³/mol. The van der Waals surface area contributed by atoms with Crippen LogP contribution in [0.15, 0.2) is 18.2 Å². The Hall–Kier alpha value is -2.04. The number of aliphatic hydroxyl groups is 1. The fourth-order valence-corrected chi connectivity index (χ4v) is 2.48. The first kappa shape index (κ1) is 16.3. The molecule has 118 valence electrons. The number of fused-ring (bicyclic) bond motifs is 1. The van der Waals surface area contributed by atoms with Crippen LogP contribution < -0.4 is 0 Å². The molecule has 4 nitrogen and oxygen atoms in total. The average molecular weight is 312 g/mol. The van der Waals surface area contributed by atoms with E-state index in [0.29, 0.717) is 17.8 Å². The van der Waals surface area contributed by atoms with Gasteiger partial charge in [-0.2, -0.15) is 18.4 Å². The molecular weight excluding hydrogens is 297 g/mol. The Balaban J connectivity index is 2.50. The number of alkyl halides is 3. The molecule has 22 heavy (non-hydrogen) atoms. The second kappa shape index (κ2) is 6.38. The van der Waals surface area contributed by atoms with Crippen molar-refractivity contribution in [3.8, 4) is 6.07 Å². The van der Waals surface area contributed by atoms with E-state index in [1.165, 1.54) is 18.2 Å². The third-order valence-electron chi connectivity index (χ3n) is 3.39. The monoisotopic (exact) mass is 312 g/mol. The van der Waals surface area contributed by atoms with E-state index < -0.39 is 11.7 Å². The molecule has 0 bridgehead atoms. The van der Waals surface area contributed by atoms with Crippen LogP contribution in [0.2, 0.25) is 0 Å². The Labute approximate surface area is 125 Å². The van der Waals surface area contributed by atoms with Crippen LogP contribution >= 0.6 is 0 Å². The van der Waals surface area contributed by atoms with Gasteiger partial charge in [-0.1, -0.05) is 0 Å². The maximum absolute atomic E-state index is 13.2. The Morgan fingerprint density at radius 1 is 1.32 bits per heavy atom. The Bertz CT molecular complexity index is 714. The van der Waals surface area contributed by atoms with Crippen LogP contribution in [0.3, 0.4) is 0 Å². The molecule has 0 saturated carbocycles. The summed E-state index contributed by atoms with van der Waals surface area (Å²) >= 11 is 0. The van der Waals surface area contributed by atoms with E-state index in [0.717, 1.165) is 0 Å². The lowest BCUT2D eigenvalue weighted by Gasteiger charge is -2.12. The summed E-state index contributed by atoms with van der Waals surface area (Å²) in [6, 6.07) is 5.74. The lowest BCUT2D eigenvalue weighted by Crippen LogP contribution is -2.11. The molecule has 0 saturated heterocycles. The van der Waals surface area contributed by atoms with Gasteiger partial charge in [-0.25, -0.2) is 0 Å². The molecule has 0 fully saturated rings. The molecule has 0 aliphatic carbocycles. The molecule has 0 atom stereocenters. The first-order valence-electron chi connectivity index (χ1n) is 6.69. The highest BCUT2D eigenvalue weighted by Gasteiger charge is 2.36. The highest BCUT2D eigenvalue weighted by atomic mass is 19.4. The number of nitriles is 1. The number of hydrogen-bond donors (Lipinski definition) is 1. The van der Waals surface area contributed by atoms with Crippen LogP contribution in [0.5, 0.6) is 0 Å². The SMILES string of the molecule is Cc1cc2c(C(F)(F)F)c(C#N)ccc2n1CCOCCO. The maximum atomic E-state index is 13.2. The van der Waals surface area contributed by atoms with Crippen LogP contribution in [0.1, 0.15) is 16.8 Å². The van der Waals surface area contributed by atoms with Crippen LogP contribution in [0.4, 0.5) is 13.2 Å². The molecule has 1 N–H and O–H groups in total. The number of aliphatic hydroxyl groups excluding tert-OH is 1. The van der Waals surface area contributed by atoms with E-state index in [9.17, 15) is 13.2 Å². The number of ether oxygens (including phenoxy) is 1. The zero-order chi connectivity index (χ0) is 16.3. The minimum absolute atomic E-state index is 0.0196. The second-order valence-electron chi connectivity index (χ2n) is 4.80. The number of hydrogen-bond acceptors (Lipinski definition) is 3. The van der Waals surface area contributed by atoms with Gasteiger partial charge in [0, 0.05) is 23.1 Å². The minimum atomic E-state index is -4.59. The molecule has 2 aromatic rings. The van der Waals surface area contributed by atoms with Crippen molar-refractivity contribution in [2.45, 2.75) is 19.6 Å². The van der Waals surface area contributed by atoms with Crippen molar-refractivity contribution in [3.05, 3.63) is 35.0 Å². The van der Waals surface area contributed by atoms with E-state index in [-0.39, 0.29) is 30.8 Å². The standard InChI is InChI=1S/C15H15F3N2O2/c1-10-8-12-13(20(10)4-6-22-7-5-21)3-2-11(9-19)14(12)15(16,17)18/h2-3,8,21H,4-7H2,1H3. The van der Waals surface area contributed by atoms with Gasteiger partial charge in [0.1, 0.15) is 0 Å². The molecule has 1 heterocycles. The van der Waals surface area contributed by atoms with Gasteiger partial charge in [0.2, 0.25) is 0 Å². The summed E-state index contributed by atoms with van der Waals surface area (Å²) in [6.45, 7) is 2.45. The Morgan fingerprint density at radius 3 is 2.64 bits per heavy atom. The number of halogens is 3. The summed E-state index contributed by atoms with van der Waals surface area (Å²) in [6.07, 6.45) is -4.59. The summed E-state index contributed by atoms with van der Waals surface area (Å²) in [7, 11) is 0. The summed E-state index contributed by atoms with van der Waals surface area (Å²) in [4.78, 5) is 0. The first-order chi connectivity index (χ1) is 10.4. The third kappa shape index (κ3) is 3.08. The fourth-order valence-electron chi connectivity index (χ4n) is 2.48. The van der Waals surface area contributed by atoms with Crippen molar-refractivity contribution in [2.24, 2.45) is 0 Å². The van der Waals surface area contributed by atoms with Crippen molar-refractivity contribution in [1.82, 2.24) is 4.57 Å². The van der Waals surface area contributed by atoms with Crippen molar-refractivity contribution in [2.75, 3.05) is 19.8 Å². The van der Waals surface area contributed by atoms with Crippen LogP contribution in [0.25, 0.3) is 10.9 Å². The average Bonchev–Trinajstić information content (AvgIpc) is 2.77. The molecule has 0 radical (unpaired) electrons. The molecule has 0 amide bonds. The van der Waals surface area contributed by atoms with E-state index in [4.69, 9.17) is 15.1 Å². The summed E-state index contributed by atoms with van der Waals surface area (Å²) in [5, 5.41) is 17.6. The Kier molecular flexibility index (Phi) is 4.74. The molecule has 0 unspecified atom stereocenters. The number of nitrogens with zero attached hydrogens (tertiary/aromatic N) is 2. The molecule has 0 aliphatic rings. The molecule has 1 aromatic carbocycles. The lowest BCUT2D eigenvalue weighted by atomic mass is 10.0. The van der Waals surface area contributed by atoms with E-state index in [2.05, 4.69) is 0 Å². The van der Waals surface area contributed by atoms with Crippen molar-refractivity contribution < 1.29 is 23.0 Å². The third-order valence-corrected chi connectivity index (χ3v) is 3.39. The van der Waals surface area contributed by atoms with Gasteiger partial charge in [-0.15, -0.1) is 0 Å². The van der Waals surface area contributed by atoms with Crippen LogP contribution in [-0.4, -0.2) is 29.5 Å². The molecule has 1 aromatic heterocycles. The summed E-state index contributed by atoms with van der Waals surface area (Å²) < 4.78 is 46.6.